The lowest BCUT2D eigenvalue weighted by atomic mass is 10.0. The third-order valence-corrected chi connectivity index (χ3v) is 6.43. The van der Waals surface area contributed by atoms with E-state index in [2.05, 4.69) is 10.2 Å². The smallest absolute Gasteiger partial charge is 0.335 e. The molecule has 5 rings (SSSR count). The molecule has 0 saturated heterocycles. The molecule has 0 aliphatic carbocycles. The van der Waals surface area contributed by atoms with Gasteiger partial charge in [-0.05, 0) is 54.1 Å². The van der Waals surface area contributed by atoms with Gasteiger partial charge in [0.05, 0.1) is 22.8 Å². The van der Waals surface area contributed by atoms with Crippen molar-refractivity contribution in [1.82, 2.24) is 14.8 Å². The van der Waals surface area contributed by atoms with E-state index in [9.17, 15) is 22.7 Å². The second-order valence-electron chi connectivity index (χ2n) is 7.47. The molecule has 0 spiro atoms. The predicted molar refractivity (Wildman–Crippen MR) is 118 cm³/mol. The zero-order chi connectivity index (χ0) is 22.6. The van der Waals surface area contributed by atoms with Gasteiger partial charge in [0.15, 0.2) is 9.84 Å². The molecule has 2 N–H and O–H groups in total. The van der Waals surface area contributed by atoms with E-state index < -0.39 is 21.6 Å². The quantitative estimate of drug-likeness (QED) is 0.423. The monoisotopic (exact) mass is 449 g/mol. The van der Waals surface area contributed by atoms with Gasteiger partial charge < -0.3 is 5.11 Å². The Morgan fingerprint density at radius 2 is 1.75 bits per heavy atom. The molecule has 0 saturated carbocycles. The van der Waals surface area contributed by atoms with Crippen LogP contribution in [0.5, 0.6) is 0 Å². The molecule has 0 unspecified atom stereocenters. The van der Waals surface area contributed by atoms with Crippen molar-refractivity contribution < 1.29 is 22.7 Å². The Morgan fingerprint density at radius 3 is 2.38 bits per heavy atom. The van der Waals surface area contributed by atoms with E-state index in [1.807, 2.05) is 12.1 Å². The van der Waals surface area contributed by atoms with Gasteiger partial charge in [0.1, 0.15) is 10.8 Å². The van der Waals surface area contributed by atoms with Crippen LogP contribution >= 0.6 is 0 Å². The van der Waals surface area contributed by atoms with Gasteiger partial charge >= 0.3 is 5.97 Å². The molecular weight excluding hydrogens is 433 g/mol. The molecule has 3 aromatic carbocycles. The van der Waals surface area contributed by atoms with Crippen molar-refractivity contribution in [1.29, 1.82) is 0 Å². The lowest BCUT2D eigenvalue weighted by molar-refractivity contribution is 0.0697. The average Bonchev–Trinajstić information content (AvgIpc) is 3.34. The Labute approximate surface area is 181 Å². The van der Waals surface area contributed by atoms with Crippen LogP contribution in [0.4, 0.5) is 4.39 Å². The molecule has 5 aromatic rings. The number of aromatic nitrogens is 3. The third-order valence-electron chi connectivity index (χ3n) is 5.34. The molecule has 2 aromatic heterocycles. The Morgan fingerprint density at radius 1 is 1.06 bits per heavy atom. The van der Waals surface area contributed by atoms with Gasteiger partial charge in [-0.1, -0.05) is 12.1 Å². The van der Waals surface area contributed by atoms with Crippen LogP contribution in [0.15, 0.2) is 71.9 Å². The standard InChI is InChI=1S/C23H16FN3O4S/c1-32(30,31)22-21(13-2-4-14(5-3-13)23(28)29)18-11-19-15(12-25-26-19)10-20(18)27(22)17-8-6-16(24)7-9-17/h2-12H,1H3,(H,25,26)(H,28,29). The van der Waals surface area contributed by atoms with Crippen molar-refractivity contribution in [3.63, 3.8) is 0 Å². The normalized spacial score (nSPS) is 11.9. The fourth-order valence-electron chi connectivity index (χ4n) is 3.96. The number of hydrogen-bond acceptors (Lipinski definition) is 4. The first-order valence-corrected chi connectivity index (χ1v) is 11.4. The second-order valence-corrected chi connectivity index (χ2v) is 9.40. The number of fused-ring (bicyclic) bond motifs is 2. The largest absolute Gasteiger partial charge is 0.478 e. The average molecular weight is 449 g/mol. The SMILES string of the molecule is CS(=O)(=O)c1c(-c2ccc(C(=O)O)cc2)c2cc3[nH]ncc3cc2n1-c1ccc(F)cc1. The lowest BCUT2D eigenvalue weighted by Gasteiger charge is -2.11. The number of carboxylic acids is 1. The van der Waals surface area contributed by atoms with Crippen molar-refractivity contribution in [2.45, 2.75) is 5.03 Å². The van der Waals surface area contributed by atoms with Gasteiger partial charge in [-0.15, -0.1) is 0 Å². The fourth-order valence-corrected chi connectivity index (χ4v) is 5.09. The Kier molecular flexibility index (Phi) is 4.38. The molecule has 160 valence electrons. The summed E-state index contributed by atoms with van der Waals surface area (Å²) in [5.41, 5.74) is 2.86. The van der Waals surface area contributed by atoms with E-state index >= 15 is 0 Å². The van der Waals surface area contributed by atoms with Crippen LogP contribution in [0.1, 0.15) is 10.4 Å². The molecule has 0 atom stereocenters. The molecule has 9 heteroatoms. The number of nitrogens with zero attached hydrogens (tertiary/aromatic N) is 2. The summed E-state index contributed by atoms with van der Waals surface area (Å²) >= 11 is 0. The van der Waals surface area contributed by atoms with Gasteiger partial charge in [0, 0.05) is 28.3 Å². The molecule has 32 heavy (non-hydrogen) atoms. The highest BCUT2D eigenvalue weighted by Gasteiger charge is 2.27. The van der Waals surface area contributed by atoms with E-state index in [1.54, 1.807) is 22.9 Å². The molecule has 0 bridgehead atoms. The summed E-state index contributed by atoms with van der Waals surface area (Å²) < 4.78 is 41.3. The summed E-state index contributed by atoms with van der Waals surface area (Å²) in [5, 5.41) is 17.6. The van der Waals surface area contributed by atoms with Crippen molar-refractivity contribution >= 4 is 37.6 Å². The number of carboxylic acid groups (broad SMARTS) is 1. The Hall–Kier alpha value is -3.98. The Bertz CT molecular complexity index is 1620. The van der Waals surface area contributed by atoms with Gasteiger partial charge in [-0.2, -0.15) is 5.10 Å². The maximum atomic E-state index is 13.6. The third kappa shape index (κ3) is 3.14. The van der Waals surface area contributed by atoms with Crippen LogP contribution in [-0.2, 0) is 9.84 Å². The molecule has 7 nitrogen and oxygen atoms in total. The molecular formula is C23H16FN3O4S. The van der Waals surface area contributed by atoms with Crippen molar-refractivity contribution in [3.8, 4) is 16.8 Å². The molecule has 0 amide bonds. The minimum atomic E-state index is -3.77. The summed E-state index contributed by atoms with van der Waals surface area (Å²) in [4.78, 5) is 11.3. The number of carbonyl (C=O) groups is 1. The maximum absolute atomic E-state index is 13.6. The van der Waals surface area contributed by atoms with Crippen molar-refractivity contribution in [3.05, 3.63) is 78.2 Å². The van der Waals surface area contributed by atoms with Crippen LogP contribution in [-0.4, -0.2) is 40.5 Å². The summed E-state index contributed by atoms with van der Waals surface area (Å²) in [7, 11) is -3.77. The summed E-state index contributed by atoms with van der Waals surface area (Å²) in [6.45, 7) is 0. The zero-order valence-corrected chi connectivity index (χ0v) is 17.5. The number of sulfone groups is 1. The van der Waals surface area contributed by atoms with Gasteiger partial charge in [-0.25, -0.2) is 17.6 Å². The second kappa shape index (κ2) is 7.03. The van der Waals surface area contributed by atoms with Gasteiger partial charge in [0.2, 0.25) is 0 Å². The van der Waals surface area contributed by atoms with E-state index in [0.717, 1.165) is 17.2 Å². The molecule has 0 aliphatic heterocycles. The molecule has 2 heterocycles. The van der Waals surface area contributed by atoms with Gasteiger partial charge in [0.25, 0.3) is 0 Å². The number of benzene rings is 3. The van der Waals surface area contributed by atoms with Gasteiger partial charge in [-0.3, -0.25) is 9.67 Å². The zero-order valence-electron chi connectivity index (χ0n) is 16.7. The van der Waals surface area contributed by atoms with Crippen LogP contribution in [0.25, 0.3) is 38.6 Å². The van der Waals surface area contributed by atoms with Crippen LogP contribution < -0.4 is 0 Å². The maximum Gasteiger partial charge on any atom is 0.335 e. The highest BCUT2D eigenvalue weighted by atomic mass is 32.2. The lowest BCUT2D eigenvalue weighted by Crippen LogP contribution is -2.08. The number of hydrogen-bond donors (Lipinski definition) is 2. The number of aromatic amines is 1. The van der Waals surface area contributed by atoms with E-state index in [-0.39, 0.29) is 10.6 Å². The first kappa shape index (κ1) is 20.0. The topological polar surface area (TPSA) is 105 Å². The Balaban J connectivity index is 1.95. The number of aromatic carboxylic acids is 1. The summed E-state index contributed by atoms with van der Waals surface area (Å²) in [6, 6.07) is 15.2. The minimum absolute atomic E-state index is 0.0304. The van der Waals surface area contributed by atoms with Crippen LogP contribution in [0, 0.1) is 5.82 Å². The number of H-pyrrole nitrogens is 1. The first-order valence-electron chi connectivity index (χ1n) is 9.55. The van der Waals surface area contributed by atoms with Crippen LogP contribution in [0.2, 0.25) is 0 Å². The number of rotatable bonds is 4. The summed E-state index contributed by atoms with van der Waals surface area (Å²) in [6.07, 6.45) is 2.75. The molecule has 0 radical (unpaired) electrons. The number of nitrogens with one attached hydrogen (secondary N) is 1. The fraction of sp³-hybridized carbons (Fsp3) is 0.0435. The number of halogens is 1. The first-order chi connectivity index (χ1) is 15.2. The van der Waals surface area contributed by atoms with Crippen LogP contribution in [0.3, 0.4) is 0 Å². The molecule has 0 fully saturated rings. The van der Waals surface area contributed by atoms with Crippen molar-refractivity contribution in [2.75, 3.05) is 6.26 Å². The highest BCUT2D eigenvalue weighted by Crippen LogP contribution is 2.41. The van der Waals surface area contributed by atoms with E-state index in [1.165, 1.54) is 36.4 Å². The van der Waals surface area contributed by atoms with E-state index in [0.29, 0.717) is 27.7 Å². The highest BCUT2D eigenvalue weighted by molar-refractivity contribution is 7.90. The minimum Gasteiger partial charge on any atom is -0.478 e. The van der Waals surface area contributed by atoms with Crippen molar-refractivity contribution in [2.24, 2.45) is 0 Å². The summed E-state index contributed by atoms with van der Waals surface area (Å²) in [5.74, 6) is -1.51. The predicted octanol–water partition coefficient (Wildman–Crippen LogP) is 4.41. The molecule has 0 aliphatic rings. The van der Waals surface area contributed by atoms with E-state index in [4.69, 9.17) is 0 Å².